The zero-order valence-corrected chi connectivity index (χ0v) is 13.1. The third-order valence-corrected chi connectivity index (χ3v) is 3.26. The van der Waals surface area contributed by atoms with Crippen molar-refractivity contribution in [1.29, 1.82) is 0 Å². The summed E-state index contributed by atoms with van der Waals surface area (Å²) < 4.78 is 5.63. The fraction of sp³-hybridized carbons (Fsp3) is 0.562. The summed E-state index contributed by atoms with van der Waals surface area (Å²) in [5, 5.41) is 14.6. The summed E-state index contributed by atoms with van der Waals surface area (Å²) in [6, 6.07) is 5.06. The van der Waals surface area contributed by atoms with Gasteiger partial charge in [-0.2, -0.15) is 0 Å². The number of urea groups is 1. The Kier molecular flexibility index (Phi) is 7.61. The van der Waals surface area contributed by atoms with Gasteiger partial charge in [0.15, 0.2) is 0 Å². The van der Waals surface area contributed by atoms with E-state index < -0.39 is 0 Å². The number of amides is 2. The van der Waals surface area contributed by atoms with E-state index in [1.165, 1.54) is 0 Å². The van der Waals surface area contributed by atoms with Crippen LogP contribution < -0.4 is 15.4 Å². The number of hydrogen-bond acceptors (Lipinski definition) is 3. The van der Waals surface area contributed by atoms with Crippen LogP contribution in [0.1, 0.15) is 38.7 Å². The molecule has 0 aromatic heterocycles. The lowest BCUT2D eigenvalue weighted by molar-refractivity contribution is 0.222. The number of anilines is 1. The van der Waals surface area contributed by atoms with Crippen molar-refractivity contribution in [3.63, 3.8) is 0 Å². The monoisotopic (exact) mass is 294 g/mol. The van der Waals surface area contributed by atoms with E-state index in [1.807, 2.05) is 32.0 Å². The molecular formula is C16H26N2O3. The summed E-state index contributed by atoms with van der Waals surface area (Å²) >= 11 is 0. The Labute approximate surface area is 126 Å². The normalized spacial score (nSPS) is 11.8. The second-order valence-electron chi connectivity index (χ2n) is 5.06. The molecule has 0 aliphatic carbocycles. The number of aryl methyl sites for hydroxylation is 1. The van der Waals surface area contributed by atoms with Gasteiger partial charge in [0.05, 0.1) is 19.3 Å². The second-order valence-corrected chi connectivity index (χ2v) is 5.06. The SMILES string of the molecule is CCCCOc1ccc(NC(=O)NC(CC)CO)c(C)c1. The van der Waals surface area contributed by atoms with E-state index in [1.54, 1.807) is 0 Å². The van der Waals surface area contributed by atoms with Crippen molar-refractivity contribution in [1.82, 2.24) is 5.32 Å². The minimum Gasteiger partial charge on any atom is -0.494 e. The first-order valence-corrected chi connectivity index (χ1v) is 7.52. The number of hydrogen-bond donors (Lipinski definition) is 3. The van der Waals surface area contributed by atoms with E-state index in [2.05, 4.69) is 17.6 Å². The molecule has 0 aliphatic rings. The van der Waals surface area contributed by atoms with Crippen LogP contribution in [0, 0.1) is 6.92 Å². The molecule has 0 aliphatic heterocycles. The van der Waals surface area contributed by atoms with Gasteiger partial charge < -0.3 is 20.5 Å². The van der Waals surface area contributed by atoms with Crippen LogP contribution in [0.15, 0.2) is 18.2 Å². The molecule has 1 unspecified atom stereocenters. The maximum Gasteiger partial charge on any atom is 0.319 e. The summed E-state index contributed by atoms with van der Waals surface area (Å²) in [7, 11) is 0. The van der Waals surface area contributed by atoms with E-state index in [0.717, 1.165) is 29.8 Å². The van der Waals surface area contributed by atoms with Crippen molar-refractivity contribution in [2.45, 2.75) is 46.1 Å². The van der Waals surface area contributed by atoms with E-state index in [9.17, 15) is 4.79 Å². The summed E-state index contributed by atoms with van der Waals surface area (Å²) in [5.74, 6) is 0.814. The summed E-state index contributed by atoms with van der Waals surface area (Å²) in [5.41, 5.74) is 1.68. The van der Waals surface area contributed by atoms with Crippen LogP contribution >= 0.6 is 0 Å². The molecular weight excluding hydrogens is 268 g/mol. The van der Waals surface area contributed by atoms with Crippen LogP contribution in [-0.2, 0) is 0 Å². The Balaban J connectivity index is 2.57. The fourth-order valence-corrected chi connectivity index (χ4v) is 1.82. The molecule has 1 aromatic carbocycles. The third kappa shape index (κ3) is 6.04. The van der Waals surface area contributed by atoms with Gasteiger partial charge in [-0.15, -0.1) is 0 Å². The van der Waals surface area contributed by atoms with Gasteiger partial charge in [0.25, 0.3) is 0 Å². The number of benzene rings is 1. The van der Waals surface area contributed by atoms with E-state index in [-0.39, 0.29) is 18.7 Å². The van der Waals surface area contributed by atoms with Crippen molar-refractivity contribution in [2.75, 3.05) is 18.5 Å². The van der Waals surface area contributed by atoms with Gasteiger partial charge in [-0.05, 0) is 43.5 Å². The van der Waals surface area contributed by atoms with Gasteiger partial charge in [-0.3, -0.25) is 0 Å². The number of unbranched alkanes of at least 4 members (excludes halogenated alkanes) is 1. The van der Waals surface area contributed by atoms with E-state index in [0.29, 0.717) is 13.0 Å². The molecule has 21 heavy (non-hydrogen) atoms. The first kappa shape index (κ1) is 17.3. The third-order valence-electron chi connectivity index (χ3n) is 3.26. The summed E-state index contributed by atoms with van der Waals surface area (Å²) in [6.07, 6.45) is 2.82. The van der Waals surface area contributed by atoms with Gasteiger partial charge in [-0.1, -0.05) is 20.3 Å². The van der Waals surface area contributed by atoms with Crippen molar-refractivity contribution < 1.29 is 14.6 Å². The minimum absolute atomic E-state index is 0.0624. The molecule has 0 saturated carbocycles. The van der Waals surface area contributed by atoms with E-state index >= 15 is 0 Å². The predicted molar refractivity (Wildman–Crippen MR) is 84.9 cm³/mol. The maximum absolute atomic E-state index is 11.8. The molecule has 0 radical (unpaired) electrons. The zero-order chi connectivity index (χ0) is 15.7. The van der Waals surface area contributed by atoms with Crippen molar-refractivity contribution in [3.05, 3.63) is 23.8 Å². The molecule has 1 rings (SSSR count). The molecule has 0 fully saturated rings. The number of rotatable bonds is 8. The lowest BCUT2D eigenvalue weighted by atomic mass is 10.2. The number of aliphatic hydroxyl groups excluding tert-OH is 1. The Morgan fingerprint density at radius 3 is 2.71 bits per heavy atom. The molecule has 5 heteroatoms. The first-order valence-electron chi connectivity index (χ1n) is 7.52. The average Bonchev–Trinajstić information content (AvgIpc) is 2.47. The number of carbonyl (C=O) groups excluding carboxylic acids is 1. The molecule has 0 spiro atoms. The maximum atomic E-state index is 11.8. The molecule has 3 N–H and O–H groups in total. The van der Waals surface area contributed by atoms with Crippen LogP contribution in [-0.4, -0.2) is 30.4 Å². The average molecular weight is 294 g/mol. The van der Waals surface area contributed by atoms with Crippen molar-refractivity contribution in [2.24, 2.45) is 0 Å². The van der Waals surface area contributed by atoms with Crippen LogP contribution in [0.4, 0.5) is 10.5 Å². The van der Waals surface area contributed by atoms with Gasteiger partial charge in [-0.25, -0.2) is 4.79 Å². The predicted octanol–water partition coefficient (Wildman–Crippen LogP) is 3.07. The van der Waals surface area contributed by atoms with Crippen LogP contribution in [0.2, 0.25) is 0 Å². The van der Waals surface area contributed by atoms with Gasteiger partial charge >= 0.3 is 6.03 Å². The molecule has 1 aromatic rings. The molecule has 0 heterocycles. The highest BCUT2D eigenvalue weighted by Crippen LogP contribution is 2.21. The molecule has 0 bridgehead atoms. The Morgan fingerprint density at radius 1 is 1.38 bits per heavy atom. The van der Waals surface area contributed by atoms with Gasteiger partial charge in [0, 0.05) is 5.69 Å². The summed E-state index contributed by atoms with van der Waals surface area (Å²) in [4.78, 5) is 11.8. The van der Waals surface area contributed by atoms with Crippen LogP contribution in [0.5, 0.6) is 5.75 Å². The smallest absolute Gasteiger partial charge is 0.319 e. The number of carbonyl (C=O) groups is 1. The van der Waals surface area contributed by atoms with Crippen molar-refractivity contribution >= 4 is 11.7 Å². The Hall–Kier alpha value is -1.75. The quantitative estimate of drug-likeness (QED) is 0.645. The largest absolute Gasteiger partial charge is 0.494 e. The molecule has 5 nitrogen and oxygen atoms in total. The Morgan fingerprint density at radius 2 is 2.14 bits per heavy atom. The Bertz CT molecular complexity index is 445. The number of ether oxygens (including phenoxy) is 1. The first-order chi connectivity index (χ1) is 10.1. The molecule has 1 atom stereocenters. The zero-order valence-electron chi connectivity index (χ0n) is 13.1. The van der Waals surface area contributed by atoms with Crippen molar-refractivity contribution in [3.8, 4) is 5.75 Å². The molecule has 118 valence electrons. The lowest BCUT2D eigenvalue weighted by Crippen LogP contribution is -2.39. The highest BCUT2D eigenvalue weighted by atomic mass is 16.5. The second kappa shape index (κ2) is 9.23. The molecule has 2 amide bonds. The highest BCUT2D eigenvalue weighted by molar-refractivity contribution is 5.90. The summed E-state index contributed by atoms with van der Waals surface area (Å²) in [6.45, 7) is 6.60. The fourth-order valence-electron chi connectivity index (χ4n) is 1.82. The molecule has 0 saturated heterocycles. The number of nitrogens with one attached hydrogen (secondary N) is 2. The van der Waals surface area contributed by atoms with Gasteiger partial charge in [0.2, 0.25) is 0 Å². The van der Waals surface area contributed by atoms with Crippen LogP contribution in [0.3, 0.4) is 0 Å². The van der Waals surface area contributed by atoms with Gasteiger partial charge in [0.1, 0.15) is 5.75 Å². The lowest BCUT2D eigenvalue weighted by Gasteiger charge is -2.16. The minimum atomic E-state index is -0.307. The van der Waals surface area contributed by atoms with E-state index in [4.69, 9.17) is 9.84 Å². The number of aliphatic hydroxyl groups is 1. The van der Waals surface area contributed by atoms with Crippen LogP contribution in [0.25, 0.3) is 0 Å². The highest BCUT2D eigenvalue weighted by Gasteiger charge is 2.10. The topological polar surface area (TPSA) is 70.6 Å². The standard InChI is InChI=1S/C16H26N2O3/c1-4-6-9-21-14-7-8-15(12(3)10-14)18-16(20)17-13(5-2)11-19/h7-8,10,13,19H,4-6,9,11H2,1-3H3,(H2,17,18,20).